The SMILES string of the molecule is CCCCCCCC/C=C\CCCCCCCC(=O)OCCCCCCCCCCCC.N. The van der Waals surface area contributed by atoms with Gasteiger partial charge in [0.25, 0.3) is 0 Å². The van der Waals surface area contributed by atoms with E-state index in [0.717, 1.165) is 19.3 Å². The van der Waals surface area contributed by atoms with Crippen molar-refractivity contribution in [1.82, 2.24) is 6.15 Å². The van der Waals surface area contributed by atoms with E-state index < -0.39 is 0 Å². The Balaban J connectivity index is 0. The topological polar surface area (TPSA) is 61.3 Å². The number of hydrogen-bond donors (Lipinski definition) is 1. The first kappa shape index (κ1) is 34.3. The van der Waals surface area contributed by atoms with Gasteiger partial charge in [0.2, 0.25) is 0 Å². The van der Waals surface area contributed by atoms with Crippen LogP contribution in [0.2, 0.25) is 0 Å². The fraction of sp³-hybridized carbons (Fsp3) is 0.900. The van der Waals surface area contributed by atoms with Crippen LogP contribution in [-0.4, -0.2) is 12.6 Å². The van der Waals surface area contributed by atoms with Crippen molar-refractivity contribution in [2.24, 2.45) is 0 Å². The summed E-state index contributed by atoms with van der Waals surface area (Å²) in [4.78, 5) is 11.8. The van der Waals surface area contributed by atoms with Gasteiger partial charge in [0.15, 0.2) is 0 Å². The highest BCUT2D eigenvalue weighted by molar-refractivity contribution is 5.69. The van der Waals surface area contributed by atoms with Crippen molar-refractivity contribution in [3.63, 3.8) is 0 Å². The lowest BCUT2D eigenvalue weighted by Gasteiger charge is -2.05. The second-order valence-corrected chi connectivity index (χ2v) is 9.74. The molecule has 0 aliphatic rings. The maximum absolute atomic E-state index is 11.8. The van der Waals surface area contributed by atoms with Crippen LogP contribution in [0.25, 0.3) is 0 Å². The number of unbranched alkanes of at least 4 members (excludes halogenated alkanes) is 20. The Bertz CT molecular complexity index is 395. The zero-order chi connectivity index (χ0) is 23.4. The monoisotopic (exact) mass is 467 g/mol. The molecule has 0 aromatic carbocycles. The Morgan fingerprint density at radius 1 is 0.515 bits per heavy atom. The van der Waals surface area contributed by atoms with Crippen molar-refractivity contribution < 1.29 is 9.53 Å². The van der Waals surface area contributed by atoms with Crippen molar-refractivity contribution in [3.05, 3.63) is 12.2 Å². The molecule has 0 spiro atoms. The fourth-order valence-corrected chi connectivity index (χ4v) is 4.19. The zero-order valence-electron chi connectivity index (χ0n) is 22.9. The summed E-state index contributed by atoms with van der Waals surface area (Å²) in [5.74, 6) is 0.0125. The van der Waals surface area contributed by atoms with E-state index in [0.29, 0.717) is 13.0 Å². The molecule has 0 atom stereocenters. The predicted molar refractivity (Wildman–Crippen MR) is 147 cm³/mol. The summed E-state index contributed by atoms with van der Waals surface area (Å²) >= 11 is 0. The molecule has 33 heavy (non-hydrogen) atoms. The van der Waals surface area contributed by atoms with E-state index in [9.17, 15) is 4.79 Å². The molecular weight excluding hydrogens is 406 g/mol. The van der Waals surface area contributed by atoms with Gasteiger partial charge >= 0.3 is 5.97 Å². The van der Waals surface area contributed by atoms with Crippen LogP contribution in [0, 0.1) is 0 Å². The molecule has 0 radical (unpaired) electrons. The minimum atomic E-state index is 0. The van der Waals surface area contributed by atoms with Gasteiger partial charge in [-0.3, -0.25) is 4.79 Å². The average molecular weight is 468 g/mol. The lowest BCUT2D eigenvalue weighted by molar-refractivity contribution is -0.143. The van der Waals surface area contributed by atoms with E-state index in [1.165, 1.54) is 128 Å². The van der Waals surface area contributed by atoms with E-state index in [1.54, 1.807) is 0 Å². The summed E-state index contributed by atoms with van der Waals surface area (Å²) in [5, 5.41) is 0. The summed E-state index contributed by atoms with van der Waals surface area (Å²) in [6, 6.07) is 0. The summed E-state index contributed by atoms with van der Waals surface area (Å²) in [5.41, 5.74) is 0. The second-order valence-electron chi connectivity index (χ2n) is 9.74. The molecule has 0 fully saturated rings. The Hall–Kier alpha value is -0.830. The molecule has 0 saturated heterocycles. The van der Waals surface area contributed by atoms with Gasteiger partial charge in [-0.2, -0.15) is 0 Å². The summed E-state index contributed by atoms with van der Waals surface area (Å²) in [7, 11) is 0. The minimum Gasteiger partial charge on any atom is -0.466 e. The van der Waals surface area contributed by atoms with Crippen LogP contribution in [0.5, 0.6) is 0 Å². The molecule has 3 heteroatoms. The number of allylic oxidation sites excluding steroid dienone is 2. The largest absolute Gasteiger partial charge is 0.466 e. The van der Waals surface area contributed by atoms with Crippen LogP contribution < -0.4 is 6.15 Å². The standard InChI is InChI=1S/C30H58O2.H3N/c1-3-5-7-9-11-13-15-16-17-18-19-20-22-24-26-28-30(31)32-29-27-25-23-21-14-12-10-8-6-4-2;/h16-17H,3-15,18-29H2,1-2H3;1H3/b17-16-;. The van der Waals surface area contributed by atoms with Gasteiger partial charge < -0.3 is 10.9 Å². The number of esters is 1. The van der Waals surface area contributed by atoms with Gasteiger partial charge in [-0.15, -0.1) is 0 Å². The molecule has 0 rings (SSSR count). The maximum Gasteiger partial charge on any atom is 0.305 e. The lowest BCUT2D eigenvalue weighted by Crippen LogP contribution is -2.05. The van der Waals surface area contributed by atoms with E-state index in [2.05, 4.69) is 26.0 Å². The second kappa shape index (κ2) is 31.2. The third-order valence-electron chi connectivity index (χ3n) is 6.40. The molecule has 3 nitrogen and oxygen atoms in total. The third-order valence-corrected chi connectivity index (χ3v) is 6.40. The van der Waals surface area contributed by atoms with Crippen LogP contribution in [0.3, 0.4) is 0 Å². The van der Waals surface area contributed by atoms with E-state index >= 15 is 0 Å². The van der Waals surface area contributed by atoms with Crippen molar-refractivity contribution >= 4 is 5.97 Å². The van der Waals surface area contributed by atoms with E-state index in [1.807, 2.05) is 0 Å². The van der Waals surface area contributed by atoms with Gasteiger partial charge in [-0.1, -0.05) is 135 Å². The highest BCUT2D eigenvalue weighted by Crippen LogP contribution is 2.12. The van der Waals surface area contributed by atoms with E-state index in [-0.39, 0.29) is 12.1 Å². The van der Waals surface area contributed by atoms with Gasteiger partial charge in [0.05, 0.1) is 6.61 Å². The summed E-state index contributed by atoms with van der Waals surface area (Å²) in [6.45, 7) is 5.17. The first-order chi connectivity index (χ1) is 15.8. The Morgan fingerprint density at radius 2 is 0.879 bits per heavy atom. The van der Waals surface area contributed by atoms with Gasteiger partial charge in [-0.05, 0) is 38.5 Å². The normalized spacial score (nSPS) is 11.1. The quantitative estimate of drug-likeness (QED) is 0.0781. The molecule has 0 aromatic heterocycles. The van der Waals surface area contributed by atoms with Crippen molar-refractivity contribution in [2.45, 2.75) is 168 Å². The van der Waals surface area contributed by atoms with Crippen LogP contribution >= 0.6 is 0 Å². The van der Waals surface area contributed by atoms with Crippen LogP contribution in [0.1, 0.15) is 168 Å². The molecule has 0 saturated carbocycles. The highest BCUT2D eigenvalue weighted by atomic mass is 16.5. The molecule has 3 N–H and O–H groups in total. The predicted octanol–water partition coefficient (Wildman–Crippen LogP) is 10.6. The Morgan fingerprint density at radius 3 is 1.33 bits per heavy atom. The smallest absolute Gasteiger partial charge is 0.305 e. The van der Waals surface area contributed by atoms with Crippen molar-refractivity contribution in [1.29, 1.82) is 0 Å². The highest BCUT2D eigenvalue weighted by Gasteiger charge is 2.02. The molecule has 0 aromatic rings. The Labute approximate surface area is 208 Å². The molecule has 0 aliphatic carbocycles. The van der Waals surface area contributed by atoms with Gasteiger partial charge in [0.1, 0.15) is 0 Å². The van der Waals surface area contributed by atoms with Crippen LogP contribution in [-0.2, 0) is 9.53 Å². The first-order valence-corrected chi connectivity index (χ1v) is 14.6. The lowest BCUT2D eigenvalue weighted by atomic mass is 10.1. The molecule has 0 amide bonds. The maximum atomic E-state index is 11.8. The van der Waals surface area contributed by atoms with Crippen molar-refractivity contribution in [2.75, 3.05) is 6.61 Å². The number of carbonyl (C=O) groups is 1. The third kappa shape index (κ3) is 31.2. The Kier molecular flexibility index (Phi) is 32.4. The fourth-order valence-electron chi connectivity index (χ4n) is 4.19. The number of rotatable bonds is 26. The van der Waals surface area contributed by atoms with Gasteiger partial charge in [-0.25, -0.2) is 0 Å². The number of ether oxygens (including phenoxy) is 1. The van der Waals surface area contributed by atoms with E-state index in [4.69, 9.17) is 4.74 Å². The van der Waals surface area contributed by atoms with Crippen molar-refractivity contribution in [3.8, 4) is 0 Å². The molecule has 0 unspecified atom stereocenters. The minimum absolute atomic E-state index is 0. The molecular formula is C30H61NO2. The first-order valence-electron chi connectivity index (χ1n) is 14.6. The van der Waals surface area contributed by atoms with Crippen LogP contribution in [0.4, 0.5) is 0 Å². The summed E-state index contributed by atoms with van der Waals surface area (Å²) in [6.07, 6.45) is 35.3. The molecule has 0 heterocycles. The molecule has 0 aliphatic heterocycles. The van der Waals surface area contributed by atoms with Gasteiger partial charge in [0, 0.05) is 6.42 Å². The number of hydrogen-bond acceptors (Lipinski definition) is 3. The summed E-state index contributed by atoms with van der Waals surface area (Å²) < 4.78 is 5.39. The zero-order valence-corrected chi connectivity index (χ0v) is 22.9. The molecule has 0 bridgehead atoms. The number of carbonyl (C=O) groups excluding carboxylic acids is 1. The molecule has 198 valence electrons. The average Bonchev–Trinajstić information content (AvgIpc) is 2.80. The van der Waals surface area contributed by atoms with Crippen LogP contribution in [0.15, 0.2) is 12.2 Å².